The van der Waals surface area contributed by atoms with Crippen LogP contribution in [0.15, 0.2) is 0 Å². The number of carbonyl (C=O) groups excluding carboxylic acids is 1. The molecule has 0 radical (unpaired) electrons. The number of amides is 2. The SMILES string of the molecule is CC(C)(C)OC(=O)N(C(=O)O)[C@@H](CC(C(=O)O)(C1CCCCC1)C1CCCCC1)C(=O)O. The lowest BCUT2D eigenvalue weighted by atomic mass is 9.56. The van der Waals surface area contributed by atoms with Crippen LogP contribution in [-0.2, 0) is 14.3 Å². The average molecular weight is 456 g/mol. The van der Waals surface area contributed by atoms with Gasteiger partial charge in [-0.3, -0.25) is 4.79 Å². The fraction of sp³-hybridized carbons (Fsp3) is 0.826. The van der Waals surface area contributed by atoms with Gasteiger partial charge in [0.05, 0.1) is 5.41 Å². The lowest BCUT2D eigenvalue weighted by molar-refractivity contribution is -0.165. The lowest BCUT2D eigenvalue weighted by Crippen LogP contribution is -2.56. The van der Waals surface area contributed by atoms with E-state index < -0.39 is 47.6 Å². The zero-order chi connectivity index (χ0) is 24.1. The summed E-state index contributed by atoms with van der Waals surface area (Å²) in [6.45, 7) is 4.64. The Hall–Kier alpha value is -2.32. The molecule has 2 aliphatic carbocycles. The van der Waals surface area contributed by atoms with Crippen LogP contribution < -0.4 is 0 Å². The molecule has 0 aromatic rings. The summed E-state index contributed by atoms with van der Waals surface area (Å²) in [7, 11) is 0. The smallest absolute Gasteiger partial charge is 0.420 e. The predicted octanol–water partition coefficient (Wildman–Crippen LogP) is 4.98. The Bertz CT molecular complexity index is 683. The minimum atomic E-state index is -1.85. The van der Waals surface area contributed by atoms with Crippen molar-refractivity contribution in [3.8, 4) is 0 Å². The quantitative estimate of drug-likeness (QED) is 0.488. The summed E-state index contributed by atoms with van der Waals surface area (Å²) >= 11 is 0. The van der Waals surface area contributed by atoms with Gasteiger partial charge in [0.2, 0.25) is 0 Å². The molecule has 0 aromatic carbocycles. The second kappa shape index (κ2) is 10.5. The van der Waals surface area contributed by atoms with Crippen molar-refractivity contribution in [1.29, 1.82) is 0 Å². The fourth-order valence-electron chi connectivity index (χ4n) is 5.60. The molecule has 2 rings (SSSR count). The number of hydrogen-bond acceptors (Lipinski definition) is 5. The second-order valence-corrected chi connectivity index (χ2v) is 10.2. The highest BCUT2D eigenvalue weighted by atomic mass is 16.6. The molecule has 2 aliphatic rings. The van der Waals surface area contributed by atoms with Gasteiger partial charge in [-0.05, 0) is 64.7 Å². The van der Waals surface area contributed by atoms with E-state index in [4.69, 9.17) is 4.74 Å². The van der Waals surface area contributed by atoms with E-state index in [-0.39, 0.29) is 16.7 Å². The molecule has 0 bridgehead atoms. The number of carbonyl (C=O) groups is 4. The van der Waals surface area contributed by atoms with Gasteiger partial charge in [-0.15, -0.1) is 0 Å². The molecule has 2 fully saturated rings. The number of carboxylic acids is 2. The van der Waals surface area contributed by atoms with Gasteiger partial charge >= 0.3 is 24.1 Å². The first-order valence-electron chi connectivity index (χ1n) is 11.6. The number of rotatable bonds is 7. The molecule has 3 N–H and O–H groups in total. The normalized spacial score (nSPS) is 19.7. The molecule has 0 aliphatic heterocycles. The molecule has 0 aromatic heterocycles. The highest BCUT2D eigenvalue weighted by Gasteiger charge is 2.55. The van der Waals surface area contributed by atoms with Crippen LogP contribution in [0.1, 0.15) is 91.4 Å². The molecule has 0 unspecified atom stereocenters. The summed E-state index contributed by atoms with van der Waals surface area (Å²) in [4.78, 5) is 50.0. The first-order chi connectivity index (χ1) is 14.9. The van der Waals surface area contributed by atoms with E-state index >= 15 is 0 Å². The summed E-state index contributed by atoms with van der Waals surface area (Å²) in [5, 5.41) is 30.2. The molecule has 1 atom stereocenters. The maximum Gasteiger partial charge on any atom is 0.420 e. The highest BCUT2D eigenvalue weighted by Crippen LogP contribution is 2.52. The summed E-state index contributed by atoms with van der Waals surface area (Å²) in [5.74, 6) is -3.14. The highest BCUT2D eigenvalue weighted by molar-refractivity contribution is 5.93. The molecule has 0 spiro atoms. The van der Waals surface area contributed by atoms with Gasteiger partial charge in [0.1, 0.15) is 11.6 Å². The number of hydrogen-bond donors (Lipinski definition) is 3. The zero-order valence-corrected chi connectivity index (χ0v) is 19.3. The van der Waals surface area contributed by atoms with E-state index in [1.165, 1.54) is 0 Å². The molecule has 32 heavy (non-hydrogen) atoms. The van der Waals surface area contributed by atoms with E-state index in [9.17, 15) is 34.5 Å². The van der Waals surface area contributed by atoms with Crippen LogP contribution in [0.4, 0.5) is 9.59 Å². The van der Waals surface area contributed by atoms with Gasteiger partial charge in [0.15, 0.2) is 0 Å². The number of carboxylic acid groups (broad SMARTS) is 3. The van der Waals surface area contributed by atoms with Crippen LogP contribution in [0.2, 0.25) is 0 Å². The van der Waals surface area contributed by atoms with Gasteiger partial charge in [-0.25, -0.2) is 14.4 Å². The Morgan fingerprint density at radius 3 is 1.59 bits per heavy atom. The summed E-state index contributed by atoms with van der Waals surface area (Å²) in [6.07, 6.45) is 4.57. The van der Waals surface area contributed by atoms with Gasteiger partial charge in [-0.2, -0.15) is 4.90 Å². The van der Waals surface area contributed by atoms with Gasteiger partial charge in [0, 0.05) is 0 Å². The second-order valence-electron chi connectivity index (χ2n) is 10.2. The number of aliphatic carboxylic acids is 2. The summed E-state index contributed by atoms with van der Waals surface area (Å²) in [5.41, 5.74) is -2.44. The third-order valence-electron chi connectivity index (χ3n) is 6.99. The van der Waals surface area contributed by atoms with Crippen molar-refractivity contribution in [2.45, 2.75) is 103 Å². The number of ether oxygens (including phenoxy) is 1. The average Bonchev–Trinajstić information content (AvgIpc) is 2.70. The van der Waals surface area contributed by atoms with Crippen LogP contribution >= 0.6 is 0 Å². The largest absolute Gasteiger partial charge is 0.481 e. The molecular weight excluding hydrogens is 418 g/mol. The van der Waals surface area contributed by atoms with E-state index in [2.05, 4.69) is 0 Å². The van der Waals surface area contributed by atoms with Crippen LogP contribution in [0.5, 0.6) is 0 Å². The van der Waals surface area contributed by atoms with Crippen molar-refractivity contribution in [2.24, 2.45) is 17.3 Å². The molecular formula is C23H37NO8. The lowest BCUT2D eigenvalue weighted by Gasteiger charge is -2.47. The van der Waals surface area contributed by atoms with E-state index in [0.717, 1.165) is 38.5 Å². The van der Waals surface area contributed by atoms with Crippen LogP contribution in [0.3, 0.4) is 0 Å². The molecule has 2 amide bonds. The van der Waals surface area contributed by atoms with E-state index in [0.29, 0.717) is 25.7 Å². The van der Waals surface area contributed by atoms with Crippen LogP contribution in [0.25, 0.3) is 0 Å². The van der Waals surface area contributed by atoms with Crippen molar-refractivity contribution in [1.82, 2.24) is 4.90 Å². The van der Waals surface area contributed by atoms with Crippen LogP contribution in [0, 0.1) is 17.3 Å². The van der Waals surface area contributed by atoms with Gasteiger partial charge in [-0.1, -0.05) is 38.5 Å². The van der Waals surface area contributed by atoms with Crippen molar-refractivity contribution in [3.63, 3.8) is 0 Å². The van der Waals surface area contributed by atoms with Gasteiger partial charge in [0.25, 0.3) is 0 Å². The molecule has 182 valence electrons. The summed E-state index contributed by atoms with van der Waals surface area (Å²) < 4.78 is 5.15. The topological polar surface area (TPSA) is 141 Å². The first-order valence-corrected chi connectivity index (χ1v) is 11.6. The third-order valence-corrected chi connectivity index (χ3v) is 6.99. The van der Waals surface area contributed by atoms with Gasteiger partial charge < -0.3 is 20.1 Å². The first kappa shape index (κ1) is 25.9. The Morgan fingerprint density at radius 2 is 1.28 bits per heavy atom. The maximum absolute atomic E-state index is 12.9. The van der Waals surface area contributed by atoms with Crippen LogP contribution in [-0.4, -0.2) is 56.0 Å². The Kier molecular flexibility index (Phi) is 8.54. The minimum absolute atomic E-state index is 0.164. The number of imide groups is 1. The molecule has 9 heteroatoms. The van der Waals surface area contributed by atoms with Crippen molar-refractivity contribution >= 4 is 24.1 Å². The Morgan fingerprint density at radius 1 is 0.844 bits per heavy atom. The monoisotopic (exact) mass is 455 g/mol. The molecule has 9 nitrogen and oxygen atoms in total. The summed E-state index contributed by atoms with van der Waals surface area (Å²) in [6, 6.07) is -1.85. The minimum Gasteiger partial charge on any atom is -0.481 e. The van der Waals surface area contributed by atoms with E-state index in [1.54, 1.807) is 20.8 Å². The molecule has 0 saturated heterocycles. The number of nitrogens with zero attached hydrogens (tertiary/aromatic N) is 1. The third kappa shape index (κ3) is 5.92. The standard InChI is InChI=1S/C23H37NO8/c1-22(2,3)32-21(31)24(20(29)30)17(18(25)26)14-23(19(27)28,15-10-6-4-7-11-15)16-12-8-5-9-13-16/h15-17H,4-14H2,1-3H3,(H,25,26)(H,27,28)(H,29,30)/t17-/m0/s1. The maximum atomic E-state index is 12.9. The Labute approximate surface area is 189 Å². The van der Waals surface area contributed by atoms with Crippen molar-refractivity contribution < 1.29 is 39.2 Å². The molecule has 2 saturated carbocycles. The molecule has 0 heterocycles. The van der Waals surface area contributed by atoms with E-state index in [1.807, 2.05) is 0 Å². The Balaban J connectivity index is 2.52. The van der Waals surface area contributed by atoms with Crippen molar-refractivity contribution in [3.05, 3.63) is 0 Å². The zero-order valence-electron chi connectivity index (χ0n) is 19.3. The fourth-order valence-corrected chi connectivity index (χ4v) is 5.60. The van der Waals surface area contributed by atoms with Crippen molar-refractivity contribution in [2.75, 3.05) is 0 Å². The predicted molar refractivity (Wildman–Crippen MR) is 115 cm³/mol.